The summed E-state index contributed by atoms with van der Waals surface area (Å²) in [5.41, 5.74) is 0. The smallest absolute Gasteiger partial charge is 0.152 e. The van der Waals surface area contributed by atoms with Gasteiger partial charge >= 0.3 is 0 Å². The van der Waals surface area contributed by atoms with Gasteiger partial charge < -0.3 is 0 Å². The topological polar surface area (TPSA) is 46.5 Å². The molecule has 3 nitrogen and oxygen atoms in total. The number of hydrogen-bond donors (Lipinski definition) is 0. The van der Waals surface area contributed by atoms with Crippen LogP contribution >= 0.6 is 12.2 Å². The van der Waals surface area contributed by atoms with Crippen LogP contribution < -0.4 is 0 Å². The highest BCUT2D eigenvalue weighted by molar-refractivity contribution is 7.91. The molecule has 1 rings (SSSR count). The van der Waals surface area contributed by atoms with Crippen LogP contribution in [0.25, 0.3) is 0 Å². The van der Waals surface area contributed by atoms with E-state index in [2.05, 4.69) is 22.4 Å². The average molecular weight is 177 g/mol. The van der Waals surface area contributed by atoms with Gasteiger partial charge in [-0.1, -0.05) is 0 Å². The summed E-state index contributed by atoms with van der Waals surface area (Å²) in [5, 5.41) is 2.19. The molecule has 1 aliphatic rings. The Labute approximate surface area is 65.1 Å². The molecule has 1 atom stereocenters. The lowest BCUT2D eigenvalue weighted by Gasteiger charge is -1.92. The minimum atomic E-state index is -2.80. The van der Waals surface area contributed by atoms with E-state index in [4.69, 9.17) is 0 Å². The van der Waals surface area contributed by atoms with Crippen LogP contribution in [0.2, 0.25) is 0 Å². The minimum absolute atomic E-state index is 0.123. The van der Waals surface area contributed by atoms with Gasteiger partial charge in [0.1, 0.15) is 0 Å². The Kier molecular flexibility index (Phi) is 2.18. The minimum Gasteiger partial charge on any atom is -0.229 e. The van der Waals surface area contributed by atoms with Crippen LogP contribution in [0.1, 0.15) is 6.42 Å². The number of nitrogens with zero attached hydrogens (tertiary/aromatic N) is 1. The zero-order valence-corrected chi connectivity index (χ0v) is 6.91. The molecule has 0 aromatic rings. The van der Waals surface area contributed by atoms with Gasteiger partial charge in [-0.05, 0) is 18.6 Å². The lowest BCUT2D eigenvalue weighted by molar-refractivity contribution is 0.601. The lowest BCUT2D eigenvalue weighted by atomic mass is 10.3. The molecule has 1 saturated heterocycles. The molecule has 1 fully saturated rings. The summed E-state index contributed by atoms with van der Waals surface area (Å²) >= 11 is 4.35. The van der Waals surface area contributed by atoms with Crippen molar-refractivity contribution in [3.8, 4) is 0 Å². The predicted molar refractivity (Wildman–Crippen MR) is 42.1 cm³/mol. The lowest BCUT2D eigenvalue weighted by Crippen LogP contribution is -2.06. The molecule has 1 heterocycles. The van der Waals surface area contributed by atoms with E-state index in [0.717, 1.165) is 0 Å². The molecule has 0 aromatic heterocycles. The highest BCUT2D eigenvalue weighted by atomic mass is 32.2. The van der Waals surface area contributed by atoms with Crippen LogP contribution in [0.3, 0.4) is 0 Å². The van der Waals surface area contributed by atoms with Gasteiger partial charge in [-0.2, -0.15) is 0 Å². The van der Waals surface area contributed by atoms with Crippen LogP contribution in [-0.2, 0) is 9.84 Å². The Balaban J connectivity index is 2.68. The number of aliphatic imine (C=N–C) groups is 1. The zero-order chi connectivity index (χ0) is 7.61. The van der Waals surface area contributed by atoms with Crippen molar-refractivity contribution in [2.45, 2.75) is 12.5 Å². The van der Waals surface area contributed by atoms with Crippen LogP contribution in [0.5, 0.6) is 0 Å². The van der Waals surface area contributed by atoms with Crippen molar-refractivity contribution in [2.75, 3.05) is 11.5 Å². The van der Waals surface area contributed by atoms with Gasteiger partial charge in [-0.25, -0.2) is 13.4 Å². The Morgan fingerprint density at radius 2 is 2.30 bits per heavy atom. The van der Waals surface area contributed by atoms with Crippen LogP contribution in [0.4, 0.5) is 0 Å². The first-order valence-corrected chi connectivity index (χ1v) is 5.14. The maximum Gasteiger partial charge on any atom is 0.152 e. The van der Waals surface area contributed by atoms with Crippen LogP contribution in [0.15, 0.2) is 4.99 Å². The molecule has 0 spiro atoms. The summed E-state index contributed by atoms with van der Waals surface area (Å²) in [5.74, 6) is 0.398. The second kappa shape index (κ2) is 2.78. The Morgan fingerprint density at radius 3 is 2.70 bits per heavy atom. The largest absolute Gasteiger partial charge is 0.229 e. The van der Waals surface area contributed by atoms with E-state index in [0.29, 0.717) is 6.42 Å². The zero-order valence-electron chi connectivity index (χ0n) is 5.28. The van der Waals surface area contributed by atoms with Gasteiger partial charge in [0.05, 0.1) is 22.7 Å². The monoisotopic (exact) mass is 177 g/mol. The summed E-state index contributed by atoms with van der Waals surface area (Å²) < 4.78 is 21.6. The third-order valence-electron chi connectivity index (χ3n) is 1.44. The van der Waals surface area contributed by atoms with Gasteiger partial charge in [0.2, 0.25) is 0 Å². The van der Waals surface area contributed by atoms with Gasteiger partial charge in [0, 0.05) is 0 Å². The van der Waals surface area contributed by atoms with Crippen molar-refractivity contribution in [3.63, 3.8) is 0 Å². The molecular formula is C5H7NO2S2. The third-order valence-corrected chi connectivity index (χ3v) is 3.30. The highest BCUT2D eigenvalue weighted by Crippen LogP contribution is 2.13. The summed E-state index contributed by atoms with van der Waals surface area (Å²) in [7, 11) is -2.80. The SMILES string of the molecule is O=S1(=O)CC[C@@H](N=C=S)C1. The van der Waals surface area contributed by atoms with Gasteiger partial charge in [0.15, 0.2) is 9.84 Å². The molecule has 0 N–H and O–H groups in total. The van der Waals surface area contributed by atoms with E-state index in [1.165, 1.54) is 0 Å². The fourth-order valence-corrected chi connectivity index (χ4v) is 2.73. The van der Waals surface area contributed by atoms with Crippen LogP contribution in [0, 0.1) is 0 Å². The summed E-state index contributed by atoms with van der Waals surface area (Å²) in [6.07, 6.45) is 0.603. The first kappa shape index (κ1) is 7.85. The maximum atomic E-state index is 10.8. The Morgan fingerprint density at radius 1 is 1.60 bits per heavy atom. The first-order chi connectivity index (χ1) is 4.64. The number of isothiocyanates is 1. The molecule has 1 aliphatic heterocycles. The Hall–Kier alpha value is -0.250. The van der Waals surface area contributed by atoms with Gasteiger partial charge in [-0.15, -0.1) is 0 Å². The molecule has 0 unspecified atom stereocenters. The van der Waals surface area contributed by atoms with E-state index < -0.39 is 9.84 Å². The first-order valence-electron chi connectivity index (χ1n) is 2.91. The third kappa shape index (κ3) is 1.87. The Bertz CT molecular complexity index is 263. The van der Waals surface area contributed by atoms with E-state index in [9.17, 15) is 8.42 Å². The summed E-state index contributed by atoms with van der Waals surface area (Å²) in [4.78, 5) is 3.70. The number of hydrogen-bond acceptors (Lipinski definition) is 4. The number of sulfone groups is 1. The molecular weight excluding hydrogens is 170 g/mol. The molecule has 0 amide bonds. The van der Waals surface area contributed by atoms with Gasteiger partial charge in [0.25, 0.3) is 0 Å². The van der Waals surface area contributed by atoms with Crippen LogP contribution in [-0.4, -0.2) is 31.1 Å². The standard InChI is InChI=1S/C5H7NO2S2/c7-10(8)2-1-5(3-10)6-4-9/h5H,1-3H2/t5-/m1/s1. The summed E-state index contributed by atoms with van der Waals surface area (Å²) in [6.45, 7) is 0. The van der Waals surface area contributed by atoms with Crippen molar-refractivity contribution in [1.82, 2.24) is 0 Å². The second-order valence-electron chi connectivity index (χ2n) is 2.28. The molecule has 0 saturated carbocycles. The molecule has 0 aliphatic carbocycles. The van der Waals surface area contributed by atoms with Crippen molar-refractivity contribution in [2.24, 2.45) is 4.99 Å². The fourth-order valence-electron chi connectivity index (χ4n) is 0.952. The number of rotatable bonds is 1. The maximum absolute atomic E-state index is 10.8. The molecule has 0 aromatic carbocycles. The number of thiocarbonyl (C=S) groups is 1. The van der Waals surface area contributed by atoms with Crippen molar-refractivity contribution in [1.29, 1.82) is 0 Å². The average Bonchev–Trinajstić information content (AvgIpc) is 2.12. The highest BCUT2D eigenvalue weighted by Gasteiger charge is 2.26. The fraction of sp³-hybridized carbons (Fsp3) is 0.800. The van der Waals surface area contributed by atoms with E-state index in [-0.39, 0.29) is 17.5 Å². The van der Waals surface area contributed by atoms with Crippen molar-refractivity contribution in [3.05, 3.63) is 0 Å². The van der Waals surface area contributed by atoms with Crippen molar-refractivity contribution >= 4 is 27.2 Å². The summed E-state index contributed by atoms with van der Waals surface area (Å²) in [6, 6.07) is -0.123. The molecule has 10 heavy (non-hydrogen) atoms. The molecule has 56 valence electrons. The molecule has 0 bridgehead atoms. The van der Waals surface area contributed by atoms with E-state index in [1.807, 2.05) is 0 Å². The molecule has 5 heteroatoms. The van der Waals surface area contributed by atoms with Gasteiger partial charge in [-0.3, -0.25) is 0 Å². The van der Waals surface area contributed by atoms with Crippen molar-refractivity contribution < 1.29 is 8.42 Å². The molecule has 0 radical (unpaired) electrons. The normalized spacial score (nSPS) is 29.4. The quantitative estimate of drug-likeness (QED) is 0.427. The van der Waals surface area contributed by atoms with E-state index in [1.54, 1.807) is 0 Å². The second-order valence-corrected chi connectivity index (χ2v) is 4.69. The predicted octanol–water partition coefficient (Wildman–Crippen LogP) is 0.276. The van der Waals surface area contributed by atoms with E-state index >= 15 is 0 Å².